The van der Waals surface area contributed by atoms with E-state index in [0.29, 0.717) is 68.3 Å². The zero-order valence-corrected chi connectivity index (χ0v) is 24.9. The maximum atomic E-state index is 16.3. The molecule has 0 unspecified atom stereocenters. The summed E-state index contributed by atoms with van der Waals surface area (Å²) in [6.07, 6.45) is 9.14. The van der Waals surface area contributed by atoms with E-state index in [-0.39, 0.29) is 0 Å². The van der Waals surface area contributed by atoms with Crippen LogP contribution >= 0.6 is 9.39 Å². The van der Waals surface area contributed by atoms with Gasteiger partial charge in [0.1, 0.15) is 22.8 Å². The Kier molecular flexibility index (Phi) is 6.79. The van der Waals surface area contributed by atoms with E-state index < -0.39 is 21.0 Å². The molecule has 6 aromatic rings. The largest absolute Gasteiger partial charge is 0.358 e. The van der Waals surface area contributed by atoms with Crippen molar-refractivity contribution in [3.05, 3.63) is 90.5 Å². The average molecular weight is 609 g/mol. The summed E-state index contributed by atoms with van der Waals surface area (Å²) < 4.78 is 34.2. The van der Waals surface area contributed by atoms with Crippen molar-refractivity contribution in [1.82, 2.24) is 34.9 Å². The lowest BCUT2D eigenvalue weighted by Gasteiger charge is -2.12. The second kappa shape index (κ2) is 10.7. The van der Waals surface area contributed by atoms with Gasteiger partial charge in [0.25, 0.3) is 0 Å². The lowest BCUT2D eigenvalue weighted by molar-refractivity contribution is 0.625. The molecule has 1 fully saturated rings. The maximum Gasteiger partial charge on any atom is 0.159 e. The van der Waals surface area contributed by atoms with Crippen molar-refractivity contribution >= 4 is 48.8 Å². The van der Waals surface area contributed by atoms with Crippen LogP contribution in [0.15, 0.2) is 73.3 Å². The van der Waals surface area contributed by atoms with Crippen LogP contribution in [-0.2, 0) is 6.54 Å². The first-order chi connectivity index (χ1) is 21.1. The van der Waals surface area contributed by atoms with Crippen LogP contribution in [0.5, 0.6) is 0 Å². The first-order valence-corrected chi connectivity index (χ1v) is 16.4. The van der Waals surface area contributed by atoms with Crippen molar-refractivity contribution in [2.75, 3.05) is 11.6 Å². The molecule has 8 nitrogen and oxygen atoms in total. The molecule has 11 heteroatoms. The summed E-state index contributed by atoms with van der Waals surface area (Å²) in [5, 5.41) is 10.9. The molecule has 1 saturated carbocycles. The molecule has 0 bridgehead atoms. The van der Waals surface area contributed by atoms with E-state index in [1.54, 1.807) is 36.8 Å². The van der Waals surface area contributed by atoms with Crippen LogP contribution in [0.3, 0.4) is 0 Å². The molecule has 0 spiro atoms. The molecule has 1 aliphatic carbocycles. The molecular weight excluding hydrogens is 578 g/mol. The number of fused-ring (bicyclic) bond motifs is 2. The third kappa shape index (κ3) is 5.47. The van der Waals surface area contributed by atoms with Crippen LogP contribution in [0.1, 0.15) is 18.4 Å². The summed E-state index contributed by atoms with van der Waals surface area (Å²) in [5.41, 5.74) is 6.54. The van der Waals surface area contributed by atoms with Crippen molar-refractivity contribution in [1.29, 1.82) is 0 Å². The molecule has 44 heavy (non-hydrogen) atoms. The number of H-pyrrole nitrogens is 2. The fraction of sp³-hybridized carbons (Fsp3) is 0.152. The molecule has 1 aliphatic rings. The number of nitrogens with one attached hydrogen (secondary N) is 4. The molecule has 0 amide bonds. The molecule has 0 radical (unpaired) electrons. The van der Waals surface area contributed by atoms with Crippen LogP contribution in [0.25, 0.3) is 55.8 Å². The van der Waals surface area contributed by atoms with E-state index in [1.807, 2.05) is 18.4 Å². The van der Waals surface area contributed by atoms with E-state index in [2.05, 4.69) is 53.5 Å². The number of rotatable bonds is 9. The van der Waals surface area contributed by atoms with E-state index in [0.717, 1.165) is 29.8 Å². The Morgan fingerprint density at radius 2 is 1.86 bits per heavy atom. The molecule has 7 rings (SSSR count). The Morgan fingerprint density at radius 1 is 1.02 bits per heavy atom. The third-order valence-electron chi connectivity index (χ3n) is 7.57. The number of imidazole rings is 1. The average Bonchev–Trinajstić information content (AvgIpc) is 3.60. The number of halogens is 2. The Balaban J connectivity index is 1.27. The number of allylic oxidation sites excluding steroid dienone is 1. The van der Waals surface area contributed by atoms with Gasteiger partial charge in [-0.25, -0.2) is 13.8 Å². The lowest BCUT2D eigenvalue weighted by Crippen LogP contribution is -2.08. The van der Waals surface area contributed by atoms with Crippen LogP contribution in [0.2, 0.25) is 0 Å². The second-order valence-electron chi connectivity index (χ2n) is 11.4. The van der Waals surface area contributed by atoms with Crippen LogP contribution in [-0.4, -0.2) is 48.1 Å². The van der Waals surface area contributed by atoms with Gasteiger partial charge in [-0.1, -0.05) is 18.3 Å². The Morgan fingerprint density at radius 3 is 2.66 bits per heavy atom. The second-order valence-corrected chi connectivity index (χ2v) is 14.2. The molecule has 2 aromatic carbocycles. The summed E-state index contributed by atoms with van der Waals surface area (Å²) in [6, 6.07) is 11.9. The fourth-order valence-electron chi connectivity index (χ4n) is 5.25. The molecule has 222 valence electrons. The van der Waals surface area contributed by atoms with E-state index in [9.17, 15) is 4.39 Å². The molecule has 0 saturated heterocycles. The predicted molar refractivity (Wildman–Crippen MR) is 178 cm³/mol. The topological polar surface area (TPSA) is 107 Å². The van der Waals surface area contributed by atoms with Gasteiger partial charge in [0.2, 0.25) is 0 Å². The number of aromatic nitrogens is 6. The minimum Gasteiger partial charge on any atom is -0.358 e. The normalized spacial score (nSPS) is 13.5. The number of aromatic amines is 2. The summed E-state index contributed by atoms with van der Waals surface area (Å²) in [7, 11) is -1.48. The van der Waals surface area contributed by atoms with E-state index >= 15 is 4.39 Å². The fourth-order valence-corrected chi connectivity index (χ4v) is 5.76. The van der Waals surface area contributed by atoms with Gasteiger partial charge in [0.15, 0.2) is 5.82 Å². The highest BCUT2D eigenvalue weighted by atomic mass is 32.2. The zero-order chi connectivity index (χ0) is 30.6. The number of nitrogens with zero attached hydrogens (tertiary/aromatic N) is 4. The SMILES string of the molecule is C=C(Nc1cncc(-c2ccc3[nH]nc(-c4nc5c(-c6cc(F)cc(CNS(=C)(=C)C)c6)nccc5[nH]4)c3c2F)c1)C1CC1. The van der Waals surface area contributed by atoms with Gasteiger partial charge in [-0.3, -0.25) is 19.8 Å². The smallest absolute Gasteiger partial charge is 0.159 e. The quantitative estimate of drug-likeness (QED) is 0.130. The molecule has 0 atom stereocenters. The predicted octanol–water partition coefficient (Wildman–Crippen LogP) is 7.15. The maximum absolute atomic E-state index is 16.3. The number of pyridine rings is 2. The van der Waals surface area contributed by atoms with Gasteiger partial charge in [0, 0.05) is 41.3 Å². The molecule has 4 N–H and O–H groups in total. The number of hydrogen-bond acceptors (Lipinski definition) is 6. The van der Waals surface area contributed by atoms with Crippen molar-refractivity contribution in [3.63, 3.8) is 0 Å². The lowest BCUT2D eigenvalue weighted by atomic mass is 10.0. The third-order valence-corrected chi connectivity index (χ3v) is 8.41. The number of hydrogen-bond donors (Lipinski definition) is 4. The van der Waals surface area contributed by atoms with Crippen LogP contribution < -0.4 is 10.0 Å². The van der Waals surface area contributed by atoms with Crippen LogP contribution in [0.4, 0.5) is 14.5 Å². The zero-order valence-electron chi connectivity index (χ0n) is 24.0. The monoisotopic (exact) mass is 608 g/mol. The number of anilines is 1. The van der Waals surface area contributed by atoms with Gasteiger partial charge in [-0.2, -0.15) is 14.5 Å². The van der Waals surface area contributed by atoms with E-state index in [1.165, 1.54) is 12.1 Å². The minimum absolute atomic E-state index is 0.294. The highest BCUT2D eigenvalue weighted by Gasteiger charge is 2.25. The minimum atomic E-state index is -1.48. The Labute approximate surface area is 253 Å². The van der Waals surface area contributed by atoms with Crippen LogP contribution in [0, 0.1) is 17.6 Å². The Hall–Kier alpha value is -4.87. The summed E-state index contributed by atoms with van der Waals surface area (Å²) in [4.78, 5) is 16.9. The summed E-state index contributed by atoms with van der Waals surface area (Å²) in [6.45, 7) is 4.53. The Bertz CT molecular complexity index is 2190. The van der Waals surface area contributed by atoms with Crippen molar-refractivity contribution in [2.45, 2.75) is 19.4 Å². The first kappa shape index (κ1) is 27.9. The standard InChI is InChI=1S/C33H30F2N8S/c1-18(20-5-6-20)39-24-14-22(16-36-17-24)25-7-8-26-28(29(25)35)32(43-42-26)33-40-27-9-10-37-30(31(27)41-33)21-11-19(12-23(34)13-21)15-38-44(2,3)4/h7-14,16-17,20,38-39H,1-3,5-6,15H2,4H3,(H,40,41)(H,42,43). The summed E-state index contributed by atoms with van der Waals surface area (Å²) >= 11 is 0. The van der Waals surface area contributed by atoms with Crippen molar-refractivity contribution in [2.24, 2.45) is 5.92 Å². The molecular formula is C33H30F2N8S. The highest BCUT2D eigenvalue weighted by Crippen LogP contribution is 2.38. The van der Waals surface area contributed by atoms with Gasteiger partial charge in [0.05, 0.1) is 34.0 Å². The van der Waals surface area contributed by atoms with Crippen molar-refractivity contribution in [3.8, 4) is 33.9 Å². The molecule has 4 heterocycles. The van der Waals surface area contributed by atoms with Gasteiger partial charge in [-0.05, 0) is 73.0 Å². The van der Waals surface area contributed by atoms with E-state index in [4.69, 9.17) is 4.98 Å². The van der Waals surface area contributed by atoms with Gasteiger partial charge >= 0.3 is 0 Å². The summed E-state index contributed by atoms with van der Waals surface area (Å²) in [5.74, 6) is 8.05. The molecule has 0 aliphatic heterocycles. The first-order valence-electron chi connectivity index (χ1n) is 14.0. The van der Waals surface area contributed by atoms with Gasteiger partial charge in [-0.15, -0.1) is 0 Å². The van der Waals surface area contributed by atoms with Gasteiger partial charge < -0.3 is 10.3 Å². The molecule has 4 aromatic heterocycles. The van der Waals surface area contributed by atoms with Crippen molar-refractivity contribution < 1.29 is 8.78 Å². The highest BCUT2D eigenvalue weighted by molar-refractivity contribution is 8.25. The number of benzene rings is 2.